The van der Waals surface area contributed by atoms with Crippen LogP contribution in [0, 0.1) is 11.3 Å². The van der Waals surface area contributed by atoms with Crippen molar-refractivity contribution in [1.82, 2.24) is 0 Å². The predicted octanol–water partition coefficient (Wildman–Crippen LogP) is 4.24. The number of carbonyl (C=O) groups excluding carboxylic acids is 1. The van der Waals surface area contributed by atoms with Crippen LogP contribution in [0.5, 0.6) is 5.75 Å². The number of aryl methyl sites for hydroxylation is 1. The number of carbonyl (C=O) groups is 1. The Bertz CT molecular complexity index is 776. The second kappa shape index (κ2) is 7.73. The van der Waals surface area contributed by atoms with Crippen molar-refractivity contribution in [3.05, 3.63) is 40.3 Å². The van der Waals surface area contributed by atoms with Crippen molar-refractivity contribution in [1.29, 1.82) is 5.26 Å². The van der Waals surface area contributed by atoms with Crippen LogP contribution in [0.2, 0.25) is 0 Å². The van der Waals surface area contributed by atoms with E-state index in [1.165, 1.54) is 23.1 Å². The quantitative estimate of drug-likeness (QED) is 0.812. The Morgan fingerprint density at radius 1 is 1.33 bits per heavy atom. The van der Waals surface area contributed by atoms with Crippen LogP contribution in [0.3, 0.4) is 0 Å². The zero-order valence-electron chi connectivity index (χ0n) is 13.4. The number of amides is 1. The Kier molecular flexibility index (Phi) is 5.44. The van der Waals surface area contributed by atoms with Crippen molar-refractivity contribution >= 4 is 34.0 Å². The molecule has 0 radical (unpaired) electrons. The van der Waals surface area contributed by atoms with E-state index in [-0.39, 0.29) is 5.91 Å². The summed E-state index contributed by atoms with van der Waals surface area (Å²) in [7, 11) is 1.63. The van der Waals surface area contributed by atoms with Crippen LogP contribution < -0.4 is 10.1 Å². The summed E-state index contributed by atoms with van der Waals surface area (Å²) in [4.78, 5) is 14.5. The monoisotopic (exact) mass is 358 g/mol. The number of nitrogens with one attached hydrogen (secondary N) is 1. The van der Waals surface area contributed by atoms with Crippen molar-refractivity contribution in [3.8, 4) is 11.8 Å². The van der Waals surface area contributed by atoms with E-state index in [0.717, 1.165) is 35.5 Å². The summed E-state index contributed by atoms with van der Waals surface area (Å²) in [5.41, 5.74) is 1.81. The summed E-state index contributed by atoms with van der Waals surface area (Å²) < 4.78 is 5.12. The fraction of sp³-hybridized carbons (Fsp3) is 0.333. The number of thioether (sulfide) groups is 1. The summed E-state index contributed by atoms with van der Waals surface area (Å²) >= 11 is 3.03. The lowest BCUT2D eigenvalue weighted by atomic mass is 9.96. The highest BCUT2D eigenvalue weighted by molar-refractivity contribution is 8.00. The number of benzene rings is 1. The molecule has 1 heterocycles. The molecular weight excluding hydrogens is 340 g/mol. The smallest absolute Gasteiger partial charge is 0.235 e. The van der Waals surface area contributed by atoms with Gasteiger partial charge in [0.05, 0.1) is 18.4 Å². The average molecular weight is 358 g/mol. The summed E-state index contributed by atoms with van der Waals surface area (Å²) in [6.07, 6.45) is 4.26. The molecule has 0 atom stereocenters. The van der Waals surface area contributed by atoms with E-state index in [2.05, 4.69) is 11.4 Å². The van der Waals surface area contributed by atoms with Gasteiger partial charge in [0.25, 0.3) is 0 Å². The van der Waals surface area contributed by atoms with Crippen molar-refractivity contribution in [2.24, 2.45) is 0 Å². The minimum atomic E-state index is -0.0779. The molecule has 24 heavy (non-hydrogen) atoms. The first-order valence-corrected chi connectivity index (χ1v) is 9.63. The second-order valence-corrected chi connectivity index (χ2v) is 7.69. The van der Waals surface area contributed by atoms with Crippen LogP contribution in [-0.4, -0.2) is 18.8 Å². The van der Waals surface area contributed by atoms with E-state index < -0.39 is 0 Å². The molecule has 1 aliphatic rings. The third-order valence-electron chi connectivity index (χ3n) is 3.97. The van der Waals surface area contributed by atoms with E-state index in [1.807, 2.05) is 24.3 Å². The number of hydrogen-bond donors (Lipinski definition) is 1. The molecule has 2 aromatic rings. The number of methoxy groups -OCH3 is 1. The van der Waals surface area contributed by atoms with Gasteiger partial charge in [-0.05, 0) is 55.5 Å². The van der Waals surface area contributed by atoms with Crippen LogP contribution in [0.25, 0.3) is 0 Å². The topological polar surface area (TPSA) is 62.1 Å². The SMILES string of the molecule is COc1ccc(SCC(=O)Nc2sc3c(c2C#N)CCCC3)cc1. The van der Waals surface area contributed by atoms with Gasteiger partial charge in [0.15, 0.2) is 0 Å². The Hall–Kier alpha value is -1.97. The van der Waals surface area contributed by atoms with Crippen LogP contribution in [0.4, 0.5) is 5.00 Å². The van der Waals surface area contributed by atoms with Gasteiger partial charge in [0.1, 0.15) is 16.8 Å². The lowest BCUT2D eigenvalue weighted by Gasteiger charge is -2.09. The Labute approximate surface area is 149 Å². The van der Waals surface area contributed by atoms with Crippen LogP contribution in [-0.2, 0) is 17.6 Å². The van der Waals surface area contributed by atoms with E-state index >= 15 is 0 Å². The highest BCUT2D eigenvalue weighted by Crippen LogP contribution is 2.37. The molecule has 0 unspecified atom stereocenters. The van der Waals surface area contributed by atoms with Gasteiger partial charge >= 0.3 is 0 Å². The fourth-order valence-corrected chi connectivity index (χ4v) is 4.71. The maximum Gasteiger partial charge on any atom is 0.235 e. The number of nitrogens with zero attached hydrogens (tertiary/aromatic N) is 1. The van der Waals surface area contributed by atoms with Crippen molar-refractivity contribution < 1.29 is 9.53 Å². The highest BCUT2D eigenvalue weighted by atomic mass is 32.2. The molecule has 1 aliphatic carbocycles. The van der Waals surface area contributed by atoms with Gasteiger partial charge in [0, 0.05) is 9.77 Å². The molecule has 6 heteroatoms. The number of rotatable bonds is 5. The molecule has 0 saturated carbocycles. The first-order chi connectivity index (χ1) is 11.7. The van der Waals surface area contributed by atoms with Crippen molar-refractivity contribution in [2.45, 2.75) is 30.6 Å². The molecule has 4 nitrogen and oxygen atoms in total. The molecule has 1 aromatic heterocycles. The number of ether oxygens (including phenoxy) is 1. The third kappa shape index (κ3) is 3.74. The fourth-order valence-electron chi connectivity index (χ4n) is 2.76. The lowest BCUT2D eigenvalue weighted by Crippen LogP contribution is -2.14. The molecule has 1 N–H and O–H groups in total. The number of nitriles is 1. The van der Waals surface area contributed by atoms with Gasteiger partial charge in [0.2, 0.25) is 5.91 Å². The average Bonchev–Trinajstić information content (AvgIpc) is 2.97. The molecule has 1 amide bonds. The van der Waals surface area contributed by atoms with Gasteiger partial charge in [-0.15, -0.1) is 23.1 Å². The van der Waals surface area contributed by atoms with Gasteiger partial charge in [-0.3, -0.25) is 4.79 Å². The van der Waals surface area contributed by atoms with Gasteiger partial charge in [-0.1, -0.05) is 0 Å². The first kappa shape index (κ1) is 16.9. The minimum Gasteiger partial charge on any atom is -0.497 e. The second-order valence-electron chi connectivity index (χ2n) is 5.54. The maximum atomic E-state index is 12.2. The highest BCUT2D eigenvalue weighted by Gasteiger charge is 2.21. The Morgan fingerprint density at radius 3 is 2.79 bits per heavy atom. The van der Waals surface area contributed by atoms with Crippen LogP contribution in [0.1, 0.15) is 28.8 Å². The molecule has 0 bridgehead atoms. The summed E-state index contributed by atoms with van der Waals surface area (Å²) in [6.45, 7) is 0. The minimum absolute atomic E-state index is 0.0779. The van der Waals surface area contributed by atoms with E-state index in [9.17, 15) is 10.1 Å². The zero-order valence-corrected chi connectivity index (χ0v) is 15.1. The molecular formula is C18H18N2O2S2. The standard InChI is InChI=1S/C18H18N2O2S2/c1-22-12-6-8-13(9-7-12)23-11-17(21)20-18-15(10-19)14-4-2-3-5-16(14)24-18/h6-9H,2-5,11H2,1H3,(H,20,21). The number of anilines is 1. The number of fused-ring (bicyclic) bond motifs is 1. The summed E-state index contributed by atoms with van der Waals surface area (Å²) in [6, 6.07) is 9.89. The largest absolute Gasteiger partial charge is 0.497 e. The summed E-state index contributed by atoms with van der Waals surface area (Å²) in [5, 5.41) is 13.1. The number of thiophene rings is 1. The Morgan fingerprint density at radius 2 is 2.08 bits per heavy atom. The molecule has 3 rings (SSSR count). The zero-order chi connectivity index (χ0) is 16.9. The first-order valence-electron chi connectivity index (χ1n) is 7.82. The third-order valence-corrected chi connectivity index (χ3v) is 6.18. The van der Waals surface area contributed by atoms with Gasteiger partial charge in [-0.2, -0.15) is 5.26 Å². The molecule has 0 spiro atoms. The van der Waals surface area contributed by atoms with Gasteiger partial charge in [-0.25, -0.2) is 0 Å². The van der Waals surface area contributed by atoms with Crippen molar-refractivity contribution in [3.63, 3.8) is 0 Å². The molecule has 0 fully saturated rings. The molecule has 0 saturated heterocycles. The normalized spacial score (nSPS) is 13.0. The van der Waals surface area contributed by atoms with E-state index in [1.54, 1.807) is 18.4 Å². The predicted molar refractivity (Wildman–Crippen MR) is 98.0 cm³/mol. The maximum absolute atomic E-state index is 12.2. The number of hydrogen-bond acceptors (Lipinski definition) is 5. The molecule has 124 valence electrons. The van der Waals surface area contributed by atoms with E-state index in [0.29, 0.717) is 16.3 Å². The lowest BCUT2D eigenvalue weighted by molar-refractivity contribution is -0.113. The van der Waals surface area contributed by atoms with Crippen molar-refractivity contribution in [2.75, 3.05) is 18.2 Å². The Balaban J connectivity index is 1.62. The van der Waals surface area contributed by atoms with Gasteiger partial charge < -0.3 is 10.1 Å². The van der Waals surface area contributed by atoms with Crippen LogP contribution in [0.15, 0.2) is 29.2 Å². The molecule has 0 aliphatic heterocycles. The molecule has 1 aromatic carbocycles. The van der Waals surface area contributed by atoms with Crippen LogP contribution >= 0.6 is 23.1 Å². The van der Waals surface area contributed by atoms with E-state index in [4.69, 9.17) is 4.74 Å². The summed E-state index contributed by atoms with van der Waals surface area (Å²) in [5.74, 6) is 1.04.